The van der Waals surface area contributed by atoms with Gasteiger partial charge in [-0.25, -0.2) is 4.39 Å². The number of aliphatic hydroxyl groups excluding tert-OH is 1. The first-order valence-electron chi connectivity index (χ1n) is 6.51. The molecule has 1 saturated heterocycles. The molecular formula is C14H21FN2O. The molecule has 0 spiro atoms. The van der Waals surface area contributed by atoms with Crippen LogP contribution in [-0.2, 0) is 6.42 Å². The number of benzene rings is 1. The summed E-state index contributed by atoms with van der Waals surface area (Å²) < 4.78 is 13.1. The van der Waals surface area contributed by atoms with Crippen LogP contribution in [0.5, 0.6) is 0 Å². The van der Waals surface area contributed by atoms with Gasteiger partial charge in [-0.1, -0.05) is 12.1 Å². The van der Waals surface area contributed by atoms with Crippen molar-refractivity contribution in [1.82, 2.24) is 10.2 Å². The van der Waals surface area contributed by atoms with Crippen LogP contribution in [0, 0.1) is 12.7 Å². The van der Waals surface area contributed by atoms with Gasteiger partial charge >= 0.3 is 0 Å². The first kappa shape index (κ1) is 13.5. The van der Waals surface area contributed by atoms with Crippen molar-refractivity contribution in [2.24, 2.45) is 0 Å². The summed E-state index contributed by atoms with van der Waals surface area (Å²) in [4.78, 5) is 2.26. The van der Waals surface area contributed by atoms with Crippen LogP contribution in [-0.4, -0.2) is 48.8 Å². The van der Waals surface area contributed by atoms with Crippen LogP contribution in [0.25, 0.3) is 0 Å². The van der Waals surface area contributed by atoms with E-state index in [-0.39, 0.29) is 11.9 Å². The highest BCUT2D eigenvalue weighted by Crippen LogP contribution is 2.11. The first-order valence-corrected chi connectivity index (χ1v) is 6.51. The average Bonchev–Trinajstić information content (AvgIpc) is 2.35. The topological polar surface area (TPSA) is 35.5 Å². The zero-order valence-electron chi connectivity index (χ0n) is 10.8. The molecule has 0 aliphatic carbocycles. The molecule has 0 saturated carbocycles. The van der Waals surface area contributed by atoms with Crippen molar-refractivity contribution in [2.75, 3.05) is 32.7 Å². The molecule has 0 aromatic heterocycles. The predicted molar refractivity (Wildman–Crippen MR) is 70.2 cm³/mol. The van der Waals surface area contributed by atoms with Gasteiger partial charge in [-0.05, 0) is 30.5 Å². The summed E-state index contributed by atoms with van der Waals surface area (Å²) in [5, 5.41) is 13.3. The predicted octanol–water partition coefficient (Wildman–Crippen LogP) is 0.943. The van der Waals surface area contributed by atoms with E-state index in [2.05, 4.69) is 10.2 Å². The third-order valence-corrected chi connectivity index (χ3v) is 3.37. The zero-order valence-corrected chi connectivity index (χ0v) is 10.8. The number of hydrogen-bond donors (Lipinski definition) is 2. The summed E-state index contributed by atoms with van der Waals surface area (Å²) in [7, 11) is 0. The molecule has 1 aliphatic heterocycles. The summed E-state index contributed by atoms with van der Waals surface area (Å²) in [6.45, 7) is 6.39. The van der Waals surface area contributed by atoms with E-state index in [0.29, 0.717) is 18.5 Å². The van der Waals surface area contributed by atoms with E-state index in [9.17, 15) is 9.50 Å². The molecule has 1 aliphatic rings. The molecule has 100 valence electrons. The molecule has 2 rings (SSSR count). The Hall–Kier alpha value is -0.970. The molecule has 1 aromatic rings. The van der Waals surface area contributed by atoms with Crippen molar-refractivity contribution in [3.8, 4) is 0 Å². The Balaban J connectivity index is 1.85. The SMILES string of the molecule is Cc1cc(CC(O)CN2CCNCC2)ccc1F. The number of hydrogen-bond acceptors (Lipinski definition) is 3. The van der Waals surface area contributed by atoms with Crippen molar-refractivity contribution >= 4 is 0 Å². The number of β-amino-alcohol motifs (C(OH)–C–C–N with tert-alkyl or cyclic N) is 1. The normalized spacial score (nSPS) is 18.8. The largest absolute Gasteiger partial charge is 0.391 e. The maximum atomic E-state index is 13.1. The van der Waals surface area contributed by atoms with Crippen LogP contribution in [0.1, 0.15) is 11.1 Å². The molecule has 1 unspecified atom stereocenters. The van der Waals surface area contributed by atoms with Gasteiger partial charge in [0.15, 0.2) is 0 Å². The van der Waals surface area contributed by atoms with E-state index in [0.717, 1.165) is 31.7 Å². The summed E-state index contributed by atoms with van der Waals surface area (Å²) >= 11 is 0. The molecule has 3 nitrogen and oxygen atoms in total. The second-order valence-corrected chi connectivity index (χ2v) is 4.99. The van der Waals surface area contributed by atoms with E-state index >= 15 is 0 Å². The fourth-order valence-electron chi connectivity index (χ4n) is 2.36. The van der Waals surface area contributed by atoms with Gasteiger partial charge < -0.3 is 10.4 Å². The highest BCUT2D eigenvalue weighted by atomic mass is 19.1. The highest BCUT2D eigenvalue weighted by molar-refractivity contribution is 5.24. The summed E-state index contributed by atoms with van der Waals surface area (Å²) in [6.07, 6.45) is 0.207. The number of aryl methyl sites for hydroxylation is 1. The van der Waals surface area contributed by atoms with E-state index in [1.54, 1.807) is 13.0 Å². The Morgan fingerprint density at radius 2 is 2.11 bits per heavy atom. The molecule has 1 heterocycles. The lowest BCUT2D eigenvalue weighted by molar-refractivity contribution is 0.105. The van der Waals surface area contributed by atoms with E-state index in [4.69, 9.17) is 0 Å². The number of piperazine rings is 1. The first-order chi connectivity index (χ1) is 8.65. The molecule has 1 fully saturated rings. The smallest absolute Gasteiger partial charge is 0.126 e. The minimum absolute atomic E-state index is 0.185. The maximum Gasteiger partial charge on any atom is 0.126 e. The van der Waals surface area contributed by atoms with Crippen molar-refractivity contribution in [3.63, 3.8) is 0 Å². The average molecular weight is 252 g/mol. The van der Waals surface area contributed by atoms with Gasteiger partial charge in [0.1, 0.15) is 5.82 Å². The summed E-state index contributed by atoms with van der Waals surface area (Å²) in [5.74, 6) is -0.185. The van der Waals surface area contributed by atoms with E-state index < -0.39 is 0 Å². The van der Waals surface area contributed by atoms with Crippen molar-refractivity contribution < 1.29 is 9.50 Å². The van der Waals surface area contributed by atoms with Crippen LogP contribution < -0.4 is 5.32 Å². The molecule has 1 atom stereocenters. The minimum Gasteiger partial charge on any atom is -0.391 e. The van der Waals surface area contributed by atoms with Gasteiger partial charge in [-0.2, -0.15) is 0 Å². The number of rotatable bonds is 4. The Bertz CT molecular complexity index is 391. The molecule has 0 amide bonds. The van der Waals surface area contributed by atoms with Crippen molar-refractivity contribution in [1.29, 1.82) is 0 Å². The van der Waals surface area contributed by atoms with Crippen LogP contribution in [0.3, 0.4) is 0 Å². The Morgan fingerprint density at radius 1 is 1.39 bits per heavy atom. The van der Waals surface area contributed by atoms with Crippen LogP contribution >= 0.6 is 0 Å². The quantitative estimate of drug-likeness (QED) is 0.837. The number of aliphatic hydroxyl groups is 1. The zero-order chi connectivity index (χ0) is 13.0. The monoisotopic (exact) mass is 252 g/mol. The standard InChI is InChI=1S/C14H21FN2O/c1-11-8-12(2-3-14(11)15)9-13(18)10-17-6-4-16-5-7-17/h2-3,8,13,16,18H,4-7,9-10H2,1H3. The van der Waals surface area contributed by atoms with E-state index in [1.807, 2.05) is 6.07 Å². The molecule has 0 radical (unpaired) electrons. The molecule has 0 bridgehead atoms. The van der Waals surface area contributed by atoms with Crippen molar-refractivity contribution in [2.45, 2.75) is 19.4 Å². The van der Waals surface area contributed by atoms with Gasteiger partial charge in [0.2, 0.25) is 0 Å². The summed E-state index contributed by atoms with van der Waals surface area (Å²) in [5.41, 5.74) is 1.64. The molecular weight excluding hydrogens is 231 g/mol. The van der Waals surface area contributed by atoms with Gasteiger partial charge in [-0.3, -0.25) is 4.90 Å². The van der Waals surface area contributed by atoms with Gasteiger partial charge in [0, 0.05) is 32.7 Å². The Labute approximate surface area is 108 Å². The van der Waals surface area contributed by atoms with E-state index in [1.165, 1.54) is 6.07 Å². The van der Waals surface area contributed by atoms with Crippen LogP contribution in [0.15, 0.2) is 18.2 Å². The van der Waals surface area contributed by atoms with Crippen LogP contribution in [0.2, 0.25) is 0 Å². The van der Waals surface area contributed by atoms with Crippen LogP contribution in [0.4, 0.5) is 4.39 Å². The molecule has 1 aromatic carbocycles. The minimum atomic E-state index is -0.382. The number of nitrogens with one attached hydrogen (secondary N) is 1. The Kier molecular flexibility index (Phi) is 4.69. The fourth-order valence-corrected chi connectivity index (χ4v) is 2.36. The highest BCUT2D eigenvalue weighted by Gasteiger charge is 2.14. The van der Waals surface area contributed by atoms with Gasteiger partial charge in [0.25, 0.3) is 0 Å². The lowest BCUT2D eigenvalue weighted by Gasteiger charge is -2.29. The maximum absolute atomic E-state index is 13.1. The lowest BCUT2D eigenvalue weighted by Crippen LogP contribution is -2.46. The van der Waals surface area contributed by atoms with Gasteiger partial charge in [-0.15, -0.1) is 0 Å². The molecule has 2 N–H and O–H groups in total. The summed E-state index contributed by atoms with van der Waals surface area (Å²) in [6, 6.07) is 5.04. The third-order valence-electron chi connectivity index (χ3n) is 3.37. The fraction of sp³-hybridized carbons (Fsp3) is 0.571. The van der Waals surface area contributed by atoms with Gasteiger partial charge in [0.05, 0.1) is 6.10 Å². The lowest BCUT2D eigenvalue weighted by atomic mass is 10.0. The third kappa shape index (κ3) is 3.77. The molecule has 18 heavy (non-hydrogen) atoms. The number of halogens is 1. The molecule has 4 heteroatoms. The van der Waals surface area contributed by atoms with Crippen molar-refractivity contribution in [3.05, 3.63) is 35.1 Å². The second-order valence-electron chi connectivity index (χ2n) is 4.99. The second kappa shape index (κ2) is 6.27. The number of nitrogens with zero attached hydrogens (tertiary/aromatic N) is 1. The Morgan fingerprint density at radius 3 is 2.78 bits per heavy atom.